The zero-order valence-corrected chi connectivity index (χ0v) is 16.5. The van der Waals surface area contributed by atoms with Gasteiger partial charge < -0.3 is 9.47 Å². The summed E-state index contributed by atoms with van der Waals surface area (Å²) in [5.41, 5.74) is 2.04. The molecule has 0 aliphatic carbocycles. The number of fused-ring (bicyclic) bond motifs is 1. The molecule has 132 valence electrons. The first-order valence-corrected chi connectivity index (χ1v) is 9.77. The Morgan fingerprint density at radius 1 is 1.15 bits per heavy atom. The number of carbonyl (C=O) groups excluding carboxylic acids is 1. The average Bonchev–Trinajstić information content (AvgIpc) is 3.09. The highest BCUT2D eigenvalue weighted by atomic mass is 79.9. The van der Waals surface area contributed by atoms with Crippen LogP contribution in [0, 0.1) is 0 Å². The summed E-state index contributed by atoms with van der Waals surface area (Å²) in [5, 5.41) is 5.54. The standard InChI is InChI=1S/C18H12BrClN2O3S/c19-11-2-3-12(13(20)8-11)17(23)22-18-21-14(9-26-18)10-1-4-15-16(7-10)25-6-5-24-15/h1-4,7-9H,5-6H2,(H,21,22,23). The second-order valence-corrected chi connectivity index (χ2v) is 7.66. The van der Waals surface area contributed by atoms with Gasteiger partial charge in [0.05, 0.1) is 16.3 Å². The molecule has 3 aromatic rings. The number of carbonyl (C=O) groups is 1. The predicted molar refractivity (Wildman–Crippen MR) is 106 cm³/mol. The van der Waals surface area contributed by atoms with Crippen molar-refractivity contribution in [3.63, 3.8) is 0 Å². The maximum atomic E-state index is 12.4. The monoisotopic (exact) mass is 450 g/mol. The Labute approximate surface area is 167 Å². The maximum Gasteiger partial charge on any atom is 0.258 e. The Kier molecular flexibility index (Phi) is 4.84. The second-order valence-electron chi connectivity index (χ2n) is 5.47. The molecule has 0 saturated heterocycles. The third-order valence-electron chi connectivity index (χ3n) is 3.74. The number of nitrogens with one attached hydrogen (secondary N) is 1. The van der Waals surface area contributed by atoms with Gasteiger partial charge in [-0.05, 0) is 36.4 Å². The number of ether oxygens (including phenoxy) is 2. The molecular formula is C18H12BrClN2O3S. The van der Waals surface area contributed by atoms with E-state index in [2.05, 4.69) is 26.2 Å². The van der Waals surface area contributed by atoms with Crippen molar-refractivity contribution in [3.8, 4) is 22.8 Å². The van der Waals surface area contributed by atoms with E-state index in [1.165, 1.54) is 11.3 Å². The summed E-state index contributed by atoms with van der Waals surface area (Å²) in [6, 6.07) is 10.8. The van der Waals surface area contributed by atoms with Crippen LogP contribution in [0.2, 0.25) is 5.02 Å². The van der Waals surface area contributed by atoms with Crippen molar-refractivity contribution in [2.45, 2.75) is 0 Å². The first kappa shape index (κ1) is 17.3. The number of halogens is 2. The van der Waals surface area contributed by atoms with Crippen molar-refractivity contribution < 1.29 is 14.3 Å². The predicted octanol–water partition coefficient (Wildman–Crippen LogP) is 5.25. The highest BCUT2D eigenvalue weighted by molar-refractivity contribution is 9.10. The Morgan fingerprint density at radius 2 is 1.96 bits per heavy atom. The normalized spacial score (nSPS) is 12.7. The fraction of sp³-hybridized carbons (Fsp3) is 0.111. The molecule has 0 bridgehead atoms. The number of hydrogen-bond acceptors (Lipinski definition) is 5. The van der Waals surface area contributed by atoms with Gasteiger partial charge in [0.25, 0.3) is 5.91 Å². The lowest BCUT2D eigenvalue weighted by molar-refractivity contribution is 0.102. The summed E-state index contributed by atoms with van der Waals surface area (Å²) in [4.78, 5) is 16.9. The van der Waals surface area contributed by atoms with Crippen LogP contribution in [0.15, 0.2) is 46.3 Å². The van der Waals surface area contributed by atoms with E-state index in [-0.39, 0.29) is 5.91 Å². The van der Waals surface area contributed by atoms with Crippen molar-refractivity contribution in [1.29, 1.82) is 0 Å². The molecule has 0 fully saturated rings. The third kappa shape index (κ3) is 3.56. The molecule has 1 aliphatic rings. The number of benzene rings is 2. The van der Waals surface area contributed by atoms with E-state index >= 15 is 0 Å². The van der Waals surface area contributed by atoms with E-state index < -0.39 is 0 Å². The molecule has 4 rings (SSSR count). The third-order valence-corrected chi connectivity index (χ3v) is 5.30. The summed E-state index contributed by atoms with van der Waals surface area (Å²) in [5.74, 6) is 1.13. The molecule has 1 N–H and O–H groups in total. The van der Waals surface area contributed by atoms with Gasteiger partial charge in [-0.15, -0.1) is 11.3 Å². The first-order valence-electron chi connectivity index (χ1n) is 7.72. The molecular weight excluding hydrogens is 440 g/mol. The van der Waals surface area contributed by atoms with Crippen molar-refractivity contribution >= 4 is 49.9 Å². The lowest BCUT2D eigenvalue weighted by atomic mass is 10.1. The fourth-order valence-electron chi connectivity index (χ4n) is 2.50. The summed E-state index contributed by atoms with van der Waals surface area (Å²) in [6.45, 7) is 1.08. The van der Waals surface area contributed by atoms with Gasteiger partial charge in [0.1, 0.15) is 13.2 Å². The number of amides is 1. The molecule has 26 heavy (non-hydrogen) atoms. The molecule has 0 atom stereocenters. The fourth-order valence-corrected chi connectivity index (χ4v) is 3.98. The Morgan fingerprint density at radius 3 is 2.77 bits per heavy atom. The second kappa shape index (κ2) is 7.26. The van der Waals surface area contributed by atoms with E-state index in [0.717, 1.165) is 21.5 Å². The van der Waals surface area contributed by atoms with Crippen LogP contribution >= 0.6 is 38.9 Å². The summed E-state index contributed by atoms with van der Waals surface area (Å²) >= 11 is 10.8. The largest absolute Gasteiger partial charge is 0.486 e. The number of aromatic nitrogens is 1. The Hall–Kier alpha value is -2.09. The molecule has 0 unspecified atom stereocenters. The minimum Gasteiger partial charge on any atom is -0.486 e. The van der Waals surface area contributed by atoms with Crippen LogP contribution in [0.25, 0.3) is 11.3 Å². The minimum absolute atomic E-state index is 0.300. The highest BCUT2D eigenvalue weighted by Gasteiger charge is 2.16. The molecule has 1 aromatic heterocycles. The van der Waals surface area contributed by atoms with Crippen LogP contribution in [-0.2, 0) is 0 Å². The topological polar surface area (TPSA) is 60.5 Å². The highest BCUT2D eigenvalue weighted by Crippen LogP contribution is 2.35. The molecule has 8 heteroatoms. The summed E-state index contributed by atoms with van der Waals surface area (Å²) in [6.07, 6.45) is 0. The van der Waals surface area contributed by atoms with Crippen LogP contribution in [-0.4, -0.2) is 24.1 Å². The average molecular weight is 452 g/mol. The van der Waals surface area contributed by atoms with Gasteiger partial charge in [0, 0.05) is 15.4 Å². The zero-order chi connectivity index (χ0) is 18.1. The van der Waals surface area contributed by atoms with Gasteiger partial charge in [-0.3, -0.25) is 10.1 Å². The van der Waals surface area contributed by atoms with Gasteiger partial charge >= 0.3 is 0 Å². The van der Waals surface area contributed by atoms with Gasteiger partial charge in [-0.2, -0.15) is 0 Å². The molecule has 2 aromatic carbocycles. The van der Waals surface area contributed by atoms with Crippen molar-refractivity contribution in [2.75, 3.05) is 18.5 Å². The number of rotatable bonds is 3. The summed E-state index contributed by atoms with van der Waals surface area (Å²) < 4.78 is 11.9. The molecule has 0 radical (unpaired) electrons. The first-order chi connectivity index (χ1) is 12.6. The summed E-state index contributed by atoms with van der Waals surface area (Å²) in [7, 11) is 0. The van der Waals surface area contributed by atoms with Crippen molar-refractivity contribution in [2.24, 2.45) is 0 Å². The molecule has 0 saturated carbocycles. The SMILES string of the molecule is O=C(Nc1nc(-c2ccc3c(c2)OCCO3)cs1)c1ccc(Br)cc1Cl. The van der Waals surface area contributed by atoms with Gasteiger partial charge in [0.15, 0.2) is 16.6 Å². The van der Waals surface area contributed by atoms with E-state index in [0.29, 0.717) is 34.7 Å². The van der Waals surface area contributed by atoms with Crippen LogP contribution in [0.3, 0.4) is 0 Å². The van der Waals surface area contributed by atoms with Gasteiger partial charge in [-0.25, -0.2) is 4.98 Å². The van der Waals surface area contributed by atoms with E-state index in [1.807, 2.05) is 23.6 Å². The van der Waals surface area contributed by atoms with Gasteiger partial charge in [-0.1, -0.05) is 27.5 Å². The minimum atomic E-state index is -0.300. The van der Waals surface area contributed by atoms with Crippen molar-refractivity contribution in [3.05, 3.63) is 56.8 Å². The van der Waals surface area contributed by atoms with Crippen molar-refractivity contribution in [1.82, 2.24) is 4.98 Å². The number of nitrogens with zero attached hydrogens (tertiary/aromatic N) is 1. The molecule has 1 amide bonds. The zero-order valence-electron chi connectivity index (χ0n) is 13.3. The van der Waals surface area contributed by atoms with Gasteiger partial charge in [0.2, 0.25) is 0 Å². The molecule has 0 spiro atoms. The van der Waals surface area contributed by atoms with E-state index in [4.69, 9.17) is 21.1 Å². The number of thiazole rings is 1. The van der Waals surface area contributed by atoms with Crippen LogP contribution in [0.4, 0.5) is 5.13 Å². The molecule has 1 aliphatic heterocycles. The smallest absolute Gasteiger partial charge is 0.258 e. The lowest BCUT2D eigenvalue weighted by Crippen LogP contribution is -2.15. The maximum absolute atomic E-state index is 12.4. The van der Waals surface area contributed by atoms with Crippen LogP contribution in [0.5, 0.6) is 11.5 Å². The lowest BCUT2D eigenvalue weighted by Gasteiger charge is -2.18. The van der Waals surface area contributed by atoms with Crippen LogP contribution < -0.4 is 14.8 Å². The molecule has 5 nitrogen and oxygen atoms in total. The number of anilines is 1. The Bertz CT molecular complexity index is 992. The Balaban J connectivity index is 1.54. The van der Waals surface area contributed by atoms with E-state index in [1.54, 1.807) is 18.2 Å². The molecule has 2 heterocycles. The van der Waals surface area contributed by atoms with Crippen LogP contribution in [0.1, 0.15) is 10.4 Å². The quantitative estimate of drug-likeness (QED) is 0.591. The van der Waals surface area contributed by atoms with E-state index in [9.17, 15) is 4.79 Å². The number of hydrogen-bond donors (Lipinski definition) is 1.